The Morgan fingerprint density at radius 3 is 2.29 bits per heavy atom. The third-order valence-electron chi connectivity index (χ3n) is 2.66. The third-order valence-corrected chi connectivity index (χ3v) is 3.83. The molecule has 2 rings (SSSR count). The SMILES string of the molecule is COc1cc(C)c(Sc2ccccc2)cc1C. The molecule has 0 saturated heterocycles. The minimum atomic E-state index is 0.958. The first-order valence-corrected chi connectivity index (χ1v) is 6.40. The fourth-order valence-electron chi connectivity index (χ4n) is 1.71. The summed E-state index contributed by atoms with van der Waals surface area (Å²) in [6.07, 6.45) is 0. The summed E-state index contributed by atoms with van der Waals surface area (Å²) in [4.78, 5) is 2.55. The Morgan fingerprint density at radius 1 is 0.941 bits per heavy atom. The number of rotatable bonds is 3. The Kier molecular flexibility index (Phi) is 3.75. The van der Waals surface area contributed by atoms with E-state index in [1.54, 1.807) is 18.9 Å². The number of methoxy groups -OCH3 is 1. The summed E-state index contributed by atoms with van der Waals surface area (Å²) in [5.41, 5.74) is 2.43. The first-order chi connectivity index (χ1) is 8.20. The summed E-state index contributed by atoms with van der Waals surface area (Å²) in [6, 6.07) is 14.7. The molecule has 2 heteroatoms. The Hall–Kier alpha value is -1.41. The van der Waals surface area contributed by atoms with Crippen LogP contribution in [0.1, 0.15) is 11.1 Å². The molecule has 0 spiro atoms. The molecule has 0 fully saturated rings. The summed E-state index contributed by atoms with van der Waals surface area (Å²) >= 11 is 1.79. The van der Waals surface area contributed by atoms with E-state index in [4.69, 9.17) is 4.74 Å². The van der Waals surface area contributed by atoms with E-state index in [1.165, 1.54) is 20.9 Å². The van der Waals surface area contributed by atoms with Gasteiger partial charge in [-0.3, -0.25) is 0 Å². The zero-order valence-corrected chi connectivity index (χ0v) is 11.2. The summed E-state index contributed by atoms with van der Waals surface area (Å²) < 4.78 is 5.32. The second-order valence-corrected chi connectivity index (χ2v) is 5.12. The topological polar surface area (TPSA) is 9.23 Å². The van der Waals surface area contributed by atoms with Crippen LogP contribution in [-0.4, -0.2) is 7.11 Å². The first-order valence-electron chi connectivity index (χ1n) is 5.59. The second kappa shape index (κ2) is 5.28. The molecule has 88 valence electrons. The maximum atomic E-state index is 5.32. The van der Waals surface area contributed by atoms with Crippen LogP contribution in [0.2, 0.25) is 0 Å². The van der Waals surface area contributed by atoms with Gasteiger partial charge in [-0.15, -0.1) is 0 Å². The molecule has 0 atom stereocenters. The lowest BCUT2D eigenvalue weighted by atomic mass is 10.1. The van der Waals surface area contributed by atoms with Gasteiger partial charge in [0, 0.05) is 9.79 Å². The monoisotopic (exact) mass is 244 g/mol. The van der Waals surface area contributed by atoms with Crippen molar-refractivity contribution in [1.29, 1.82) is 0 Å². The lowest BCUT2D eigenvalue weighted by Crippen LogP contribution is -1.90. The van der Waals surface area contributed by atoms with Crippen molar-refractivity contribution >= 4 is 11.8 Å². The molecule has 0 aromatic heterocycles. The molecule has 2 aromatic carbocycles. The molecule has 0 unspecified atom stereocenters. The average Bonchev–Trinajstić information content (AvgIpc) is 2.34. The van der Waals surface area contributed by atoms with Gasteiger partial charge in [-0.05, 0) is 49.2 Å². The van der Waals surface area contributed by atoms with E-state index in [0.29, 0.717) is 0 Å². The first kappa shape index (κ1) is 12.1. The van der Waals surface area contributed by atoms with Crippen LogP contribution in [0.25, 0.3) is 0 Å². The van der Waals surface area contributed by atoms with Crippen LogP contribution in [-0.2, 0) is 0 Å². The van der Waals surface area contributed by atoms with Gasteiger partial charge in [0.1, 0.15) is 5.75 Å². The van der Waals surface area contributed by atoms with Crippen LogP contribution in [0.4, 0.5) is 0 Å². The molecule has 0 aliphatic heterocycles. The van der Waals surface area contributed by atoms with Gasteiger partial charge >= 0.3 is 0 Å². The zero-order chi connectivity index (χ0) is 12.3. The highest BCUT2D eigenvalue weighted by Crippen LogP contribution is 2.33. The van der Waals surface area contributed by atoms with E-state index in [1.807, 2.05) is 6.07 Å². The van der Waals surface area contributed by atoms with Crippen LogP contribution >= 0.6 is 11.8 Å². The lowest BCUT2D eigenvalue weighted by Gasteiger charge is -2.10. The molecule has 0 radical (unpaired) electrons. The highest BCUT2D eigenvalue weighted by Gasteiger charge is 2.06. The average molecular weight is 244 g/mol. The summed E-state index contributed by atoms with van der Waals surface area (Å²) in [5.74, 6) is 0.958. The third kappa shape index (κ3) is 2.83. The van der Waals surface area contributed by atoms with Crippen molar-refractivity contribution in [1.82, 2.24) is 0 Å². The molecular formula is C15H16OS. The van der Waals surface area contributed by atoms with Crippen molar-refractivity contribution in [2.24, 2.45) is 0 Å². The van der Waals surface area contributed by atoms with E-state index < -0.39 is 0 Å². The van der Waals surface area contributed by atoms with Crippen molar-refractivity contribution in [2.75, 3.05) is 7.11 Å². The Morgan fingerprint density at radius 2 is 1.65 bits per heavy atom. The van der Waals surface area contributed by atoms with E-state index in [-0.39, 0.29) is 0 Å². The maximum absolute atomic E-state index is 5.32. The van der Waals surface area contributed by atoms with Gasteiger partial charge in [-0.2, -0.15) is 0 Å². The Labute approximate surface area is 107 Å². The summed E-state index contributed by atoms with van der Waals surface area (Å²) in [5, 5.41) is 0. The highest BCUT2D eigenvalue weighted by molar-refractivity contribution is 7.99. The van der Waals surface area contributed by atoms with E-state index in [0.717, 1.165) is 5.75 Å². The molecule has 0 saturated carbocycles. The molecule has 0 bridgehead atoms. The summed E-state index contributed by atoms with van der Waals surface area (Å²) in [6.45, 7) is 4.20. The molecule has 2 aromatic rings. The van der Waals surface area contributed by atoms with Crippen molar-refractivity contribution in [3.05, 3.63) is 53.6 Å². The van der Waals surface area contributed by atoms with E-state index >= 15 is 0 Å². The van der Waals surface area contributed by atoms with Gasteiger partial charge in [-0.1, -0.05) is 30.0 Å². The molecule has 0 heterocycles. The van der Waals surface area contributed by atoms with Gasteiger partial charge in [0.05, 0.1) is 7.11 Å². The minimum absolute atomic E-state index is 0.958. The molecule has 0 aliphatic rings. The molecule has 0 amide bonds. The largest absolute Gasteiger partial charge is 0.496 e. The Balaban J connectivity index is 2.31. The minimum Gasteiger partial charge on any atom is -0.496 e. The van der Waals surface area contributed by atoms with Crippen LogP contribution < -0.4 is 4.74 Å². The van der Waals surface area contributed by atoms with Crippen LogP contribution in [0.3, 0.4) is 0 Å². The molecular weight excluding hydrogens is 228 g/mol. The fraction of sp³-hybridized carbons (Fsp3) is 0.200. The highest BCUT2D eigenvalue weighted by atomic mass is 32.2. The second-order valence-electron chi connectivity index (χ2n) is 4.00. The maximum Gasteiger partial charge on any atom is 0.122 e. The van der Waals surface area contributed by atoms with Gasteiger partial charge in [0.25, 0.3) is 0 Å². The standard InChI is InChI=1S/C15H16OS/c1-11-10-15(12(2)9-14(11)16-3)17-13-7-5-4-6-8-13/h4-10H,1-3H3. The van der Waals surface area contributed by atoms with Gasteiger partial charge in [-0.25, -0.2) is 0 Å². The fourth-order valence-corrected chi connectivity index (χ4v) is 2.71. The smallest absolute Gasteiger partial charge is 0.122 e. The molecule has 1 nitrogen and oxygen atoms in total. The predicted octanol–water partition coefficient (Wildman–Crippen LogP) is 4.46. The summed E-state index contributed by atoms with van der Waals surface area (Å²) in [7, 11) is 1.71. The number of ether oxygens (including phenoxy) is 1. The Bertz CT molecular complexity index is 506. The van der Waals surface area contributed by atoms with Crippen molar-refractivity contribution in [2.45, 2.75) is 23.6 Å². The predicted molar refractivity (Wildman–Crippen MR) is 73.0 cm³/mol. The zero-order valence-electron chi connectivity index (χ0n) is 10.4. The lowest BCUT2D eigenvalue weighted by molar-refractivity contribution is 0.411. The van der Waals surface area contributed by atoms with Crippen LogP contribution in [0.15, 0.2) is 52.3 Å². The molecule has 17 heavy (non-hydrogen) atoms. The van der Waals surface area contributed by atoms with E-state index in [9.17, 15) is 0 Å². The van der Waals surface area contributed by atoms with Crippen molar-refractivity contribution < 1.29 is 4.74 Å². The van der Waals surface area contributed by atoms with E-state index in [2.05, 4.69) is 50.2 Å². The molecule has 0 N–H and O–H groups in total. The number of hydrogen-bond donors (Lipinski definition) is 0. The normalized spacial score (nSPS) is 10.3. The van der Waals surface area contributed by atoms with Gasteiger partial charge in [0.15, 0.2) is 0 Å². The number of hydrogen-bond acceptors (Lipinski definition) is 2. The number of benzene rings is 2. The van der Waals surface area contributed by atoms with Crippen molar-refractivity contribution in [3.8, 4) is 5.75 Å². The van der Waals surface area contributed by atoms with Gasteiger partial charge in [0.2, 0.25) is 0 Å². The van der Waals surface area contributed by atoms with Gasteiger partial charge < -0.3 is 4.74 Å². The van der Waals surface area contributed by atoms with Crippen LogP contribution in [0, 0.1) is 13.8 Å². The van der Waals surface area contributed by atoms with Crippen LogP contribution in [0.5, 0.6) is 5.75 Å². The number of aryl methyl sites for hydroxylation is 2. The quantitative estimate of drug-likeness (QED) is 0.788. The molecule has 0 aliphatic carbocycles. The van der Waals surface area contributed by atoms with Crippen molar-refractivity contribution in [3.63, 3.8) is 0 Å².